The molecule has 2 aromatic carbocycles. The van der Waals surface area contributed by atoms with Crippen molar-refractivity contribution >= 4 is 31.6 Å². The van der Waals surface area contributed by atoms with Crippen LogP contribution in [0.1, 0.15) is 49.4 Å². The van der Waals surface area contributed by atoms with Gasteiger partial charge >= 0.3 is 0 Å². The number of anilines is 1. The van der Waals surface area contributed by atoms with E-state index in [1.807, 2.05) is 0 Å². The minimum atomic E-state index is -3.56. The lowest BCUT2D eigenvalue weighted by Gasteiger charge is -2.30. The summed E-state index contributed by atoms with van der Waals surface area (Å²) in [7, 11) is -7.12. The zero-order valence-electron chi connectivity index (χ0n) is 19.3. The summed E-state index contributed by atoms with van der Waals surface area (Å²) < 4.78 is 54.4. The van der Waals surface area contributed by atoms with Crippen LogP contribution in [0.5, 0.6) is 0 Å². The number of carbonyl (C=O) groups excluding carboxylic acids is 1. The van der Waals surface area contributed by atoms with Crippen molar-refractivity contribution in [2.24, 2.45) is 5.92 Å². The first-order valence-corrected chi connectivity index (χ1v) is 14.6. The van der Waals surface area contributed by atoms with Crippen molar-refractivity contribution in [3.8, 4) is 0 Å². The monoisotopic (exact) mass is 505 g/mol. The fourth-order valence-electron chi connectivity index (χ4n) is 4.46. The van der Waals surface area contributed by atoms with Gasteiger partial charge in [0.25, 0.3) is 5.91 Å². The Kier molecular flexibility index (Phi) is 7.42. The van der Waals surface area contributed by atoms with Crippen molar-refractivity contribution in [1.82, 2.24) is 8.61 Å². The Bertz CT molecular complexity index is 1220. The molecule has 2 fully saturated rings. The number of benzene rings is 2. The van der Waals surface area contributed by atoms with Crippen LogP contribution in [0.3, 0.4) is 0 Å². The van der Waals surface area contributed by atoms with Crippen LogP contribution >= 0.6 is 0 Å². The van der Waals surface area contributed by atoms with Gasteiger partial charge in [-0.2, -0.15) is 8.61 Å². The number of piperidine rings is 2. The van der Waals surface area contributed by atoms with E-state index in [-0.39, 0.29) is 9.79 Å². The molecule has 34 heavy (non-hydrogen) atoms. The Morgan fingerprint density at radius 2 is 1.29 bits per heavy atom. The first-order valence-electron chi connectivity index (χ1n) is 11.7. The van der Waals surface area contributed by atoms with Crippen molar-refractivity contribution in [2.45, 2.75) is 48.8 Å². The van der Waals surface area contributed by atoms with Gasteiger partial charge in [0.2, 0.25) is 20.0 Å². The molecule has 1 amide bonds. The lowest BCUT2D eigenvalue weighted by atomic mass is 10.0. The normalized spacial score (nSPS) is 20.7. The summed E-state index contributed by atoms with van der Waals surface area (Å²) in [5.74, 6) is -0.0642. The Labute approximate surface area is 202 Å². The van der Waals surface area contributed by atoms with E-state index in [1.54, 1.807) is 12.1 Å². The van der Waals surface area contributed by atoms with E-state index in [2.05, 4.69) is 12.2 Å². The molecule has 2 saturated heterocycles. The predicted molar refractivity (Wildman–Crippen MR) is 131 cm³/mol. The van der Waals surface area contributed by atoms with Crippen molar-refractivity contribution in [2.75, 3.05) is 31.5 Å². The molecule has 2 aromatic rings. The summed E-state index contributed by atoms with van der Waals surface area (Å²) in [6.07, 6.45) is 4.64. The summed E-state index contributed by atoms with van der Waals surface area (Å²) in [5, 5.41) is 2.74. The average molecular weight is 506 g/mol. The lowest BCUT2D eigenvalue weighted by Crippen LogP contribution is -2.39. The highest BCUT2D eigenvalue weighted by Gasteiger charge is 2.29. The number of hydrogen-bond donors (Lipinski definition) is 1. The van der Waals surface area contributed by atoms with Crippen LogP contribution in [0.25, 0.3) is 0 Å². The second-order valence-electron chi connectivity index (χ2n) is 9.08. The number of amides is 1. The number of rotatable bonds is 6. The number of hydrogen-bond acceptors (Lipinski definition) is 5. The summed E-state index contributed by atoms with van der Waals surface area (Å²) in [6.45, 7) is 4.13. The molecule has 0 bridgehead atoms. The molecule has 0 saturated carbocycles. The third-order valence-electron chi connectivity index (χ3n) is 6.44. The minimum absolute atomic E-state index is 0.174. The quantitative estimate of drug-likeness (QED) is 0.647. The van der Waals surface area contributed by atoms with Gasteiger partial charge in [0.15, 0.2) is 0 Å². The van der Waals surface area contributed by atoms with Gasteiger partial charge < -0.3 is 5.32 Å². The third kappa shape index (κ3) is 5.35. The molecule has 2 aliphatic heterocycles. The Balaban J connectivity index is 1.42. The standard InChI is InChI=1S/C24H31N3O5S2/c1-19-6-5-17-27(18-19)34(31,32)23-13-9-21(10-14-23)25-24(28)20-7-11-22(12-8-20)33(29,30)26-15-3-2-4-16-26/h7-14,19H,2-6,15-18H2,1H3,(H,25,28). The van der Waals surface area contributed by atoms with Crippen LogP contribution < -0.4 is 5.32 Å². The van der Waals surface area contributed by atoms with E-state index in [1.165, 1.54) is 45.0 Å². The maximum absolute atomic E-state index is 12.9. The number of nitrogens with zero attached hydrogens (tertiary/aromatic N) is 2. The zero-order valence-corrected chi connectivity index (χ0v) is 20.9. The Morgan fingerprint density at radius 1 is 0.765 bits per heavy atom. The first kappa shape index (κ1) is 24.8. The van der Waals surface area contributed by atoms with E-state index in [0.29, 0.717) is 43.3 Å². The highest BCUT2D eigenvalue weighted by Crippen LogP contribution is 2.25. The van der Waals surface area contributed by atoms with Gasteiger partial charge in [-0.3, -0.25) is 4.79 Å². The molecule has 184 valence electrons. The van der Waals surface area contributed by atoms with E-state index in [0.717, 1.165) is 32.1 Å². The molecular weight excluding hydrogens is 474 g/mol. The Morgan fingerprint density at radius 3 is 1.88 bits per heavy atom. The summed E-state index contributed by atoms with van der Waals surface area (Å²) in [4.78, 5) is 13.0. The summed E-state index contributed by atoms with van der Waals surface area (Å²) in [5.41, 5.74) is 0.776. The fourth-order valence-corrected chi connectivity index (χ4v) is 7.58. The molecule has 0 spiro atoms. The van der Waals surface area contributed by atoms with Crippen LogP contribution in [0, 0.1) is 5.92 Å². The van der Waals surface area contributed by atoms with Gasteiger partial charge in [0.05, 0.1) is 9.79 Å². The van der Waals surface area contributed by atoms with Crippen LogP contribution in [0.2, 0.25) is 0 Å². The third-order valence-corrected chi connectivity index (χ3v) is 10.2. The van der Waals surface area contributed by atoms with Gasteiger partial charge in [-0.15, -0.1) is 0 Å². The van der Waals surface area contributed by atoms with Crippen molar-refractivity contribution in [3.05, 3.63) is 54.1 Å². The number of carbonyl (C=O) groups is 1. The van der Waals surface area contributed by atoms with Crippen LogP contribution in [0.4, 0.5) is 5.69 Å². The lowest BCUT2D eigenvalue weighted by molar-refractivity contribution is 0.102. The predicted octanol–water partition coefficient (Wildman–Crippen LogP) is 3.53. The fraction of sp³-hybridized carbons (Fsp3) is 0.458. The second-order valence-corrected chi connectivity index (χ2v) is 13.0. The second kappa shape index (κ2) is 10.2. The maximum Gasteiger partial charge on any atom is 0.255 e. The SMILES string of the molecule is CC1CCCN(S(=O)(=O)c2ccc(NC(=O)c3ccc(S(=O)(=O)N4CCCCC4)cc3)cc2)C1. The first-order chi connectivity index (χ1) is 16.2. The highest BCUT2D eigenvalue weighted by atomic mass is 32.2. The topological polar surface area (TPSA) is 104 Å². The van der Waals surface area contributed by atoms with Gasteiger partial charge in [-0.25, -0.2) is 16.8 Å². The van der Waals surface area contributed by atoms with Crippen LogP contribution in [-0.4, -0.2) is 57.5 Å². The summed E-state index contributed by atoms with van der Waals surface area (Å²) >= 11 is 0. The van der Waals surface area contributed by atoms with Crippen LogP contribution in [0.15, 0.2) is 58.3 Å². The average Bonchev–Trinajstić information content (AvgIpc) is 2.85. The highest BCUT2D eigenvalue weighted by molar-refractivity contribution is 7.89. The van der Waals surface area contributed by atoms with Crippen molar-refractivity contribution < 1.29 is 21.6 Å². The summed E-state index contributed by atoms with van der Waals surface area (Å²) in [6, 6.07) is 12.0. The molecule has 0 aliphatic carbocycles. The smallest absolute Gasteiger partial charge is 0.255 e. The van der Waals surface area contributed by atoms with E-state index in [9.17, 15) is 21.6 Å². The maximum atomic E-state index is 12.9. The number of nitrogens with one attached hydrogen (secondary N) is 1. The van der Waals surface area contributed by atoms with E-state index >= 15 is 0 Å². The van der Waals surface area contributed by atoms with Crippen molar-refractivity contribution in [1.29, 1.82) is 0 Å². The molecule has 10 heteroatoms. The zero-order chi connectivity index (χ0) is 24.3. The van der Waals surface area contributed by atoms with E-state index in [4.69, 9.17) is 0 Å². The molecule has 2 heterocycles. The van der Waals surface area contributed by atoms with Crippen LogP contribution in [-0.2, 0) is 20.0 Å². The molecule has 1 unspecified atom stereocenters. The molecule has 1 N–H and O–H groups in total. The van der Waals surface area contributed by atoms with Gasteiger partial charge in [0, 0.05) is 37.4 Å². The molecule has 1 atom stereocenters. The molecule has 0 radical (unpaired) electrons. The minimum Gasteiger partial charge on any atom is -0.322 e. The van der Waals surface area contributed by atoms with Gasteiger partial charge in [-0.05, 0) is 80.1 Å². The molecule has 8 nitrogen and oxygen atoms in total. The van der Waals surface area contributed by atoms with Gasteiger partial charge in [0.1, 0.15) is 0 Å². The Hall–Kier alpha value is -2.27. The largest absolute Gasteiger partial charge is 0.322 e. The van der Waals surface area contributed by atoms with Gasteiger partial charge in [-0.1, -0.05) is 13.3 Å². The molecule has 2 aliphatic rings. The molecule has 0 aromatic heterocycles. The van der Waals surface area contributed by atoms with E-state index < -0.39 is 26.0 Å². The molecule has 4 rings (SSSR count). The van der Waals surface area contributed by atoms with Crippen molar-refractivity contribution in [3.63, 3.8) is 0 Å². The molecular formula is C24H31N3O5S2. The number of sulfonamides is 2.